The quantitative estimate of drug-likeness (QED) is 0.439. The minimum atomic E-state index is -0.184. The highest BCUT2D eigenvalue weighted by Crippen LogP contribution is 2.21. The number of benzene rings is 3. The molecule has 0 fully saturated rings. The molecule has 0 N–H and O–H groups in total. The van der Waals surface area contributed by atoms with E-state index in [0.717, 1.165) is 33.1 Å². The first-order valence-corrected chi connectivity index (χ1v) is 9.67. The molecule has 5 rings (SSSR count). The van der Waals surface area contributed by atoms with Crippen LogP contribution in [0.2, 0.25) is 5.02 Å². The van der Waals surface area contributed by atoms with Gasteiger partial charge in [-0.1, -0.05) is 60.1 Å². The molecule has 6 heteroatoms. The van der Waals surface area contributed by atoms with E-state index in [1.165, 1.54) is 4.68 Å². The van der Waals surface area contributed by atoms with E-state index in [4.69, 9.17) is 11.6 Å². The van der Waals surface area contributed by atoms with Crippen molar-refractivity contribution in [3.8, 4) is 5.69 Å². The van der Waals surface area contributed by atoms with Crippen LogP contribution in [-0.4, -0.2) is 19.6 Å². The normalized spacial score (nSPS) is 11.4. The van der Waals surface area contributed by atoms with Crippen molar-refractivity contribution in [1.82, 2.24) is 19.6 Å². The lowest BCUT2D eigenvalue weighted by atomic mass is 10.0. The summed E-state index contributed by atoms with van der Waals surface area (Å²) >= 11 is 6.14. The second-order valence-corrected chi connectivity index (χ2v) is 7.42. The van der Waals surface area contributed by atoms with Crippen LogP contribution in [0.1, 0.15) is 11.3 Å². The molecule has 5 aromatic rings. The molecule has 0 aliphatic carbocycles. The Bertz CT molecular complexity index is 1430. The largest absolute Gasteiger partial charge is 0.293 e. The van der Waals surface area contributed by atoms with Gasteiger partial charge in [-0.2, -0.15) is 10.2 Å². The molecule has 0 radical (unpaired) electrons. The maximum atomic E-state index is 13.4. The Hall–Kier alpha value is -3.44. The fourth-order valence-electron chi connectivity index (χ4n) is 3.72. The summed E-state index contributed by atoms with van der Waals surface area (Å²) in [5.74, 6) is 0. The summed E-state index contributed by atoms with van der Waals surface area (Å²) in [5, 5.41) is 12.6. The fraction of sp³-hybridized carbons (Fsp3) is 0.0870. The summed E-state index contributed by atoms with van der Waals surface area (Å²) in [6.45, 7) is 2.28. The molecule has 29 heavy (non-hydrogen) atoms. The third-order valence-corrected chi connectivity index (χ3v) is 5.35. The van der Waals surface area contributed by atoms with Crippen LogP contribution in [0.5, 0.6) is 0 Å². The maximum absolute atomic E-state index is 13.4. The summed E-state index contributed by atoms with van der Waals surface area (Å²) in [4.78, 5) is 13.4. The van der Waals surface area contributed by atoms with E-state index in [-0.39, 0.29) is 5.56 Å². The number of hydrogen-bond donors (Lipinski definition) is 0. The number of halogens is 1. The highest BCUT2D eigenvalue weighted by molar-refractivity contribution is 6.30. The molecule has 5 nitrogen and oxygen atoms in total. The van der Waals surface area contributed by atoms with E-state index in [1.54, 1.807) is 23.0 Å². The Morgan fingerprint density at radius 3 is 2.62 bits per heavy atom. The first-order valence-electron chi connectivity index (χ1n) is 9.30. The van der Waals surface area contributed by atoms with Gasteiger partial charge < -0.3 is 0 Å². The molecule has 0 aliphatic rings. The van der Waals surface area contributed by atoms with Crippen LogP contribution >= 0.6 is 11.6 Å². The summed E-state index contributed by atoms with van der Waals surface area (Å²) < 4.78 is 3.15. The van der Waals surface area contributed by atoms with Gasteiger partial charge >= 0.3 is 0 Å². The number of fused-ring (bicyclic) bond motifs is 2. The topological polar surface area (TPSA) is 52.7 Å². The van der Waals surface area contributed by atoms with Crippen molar-refractivity contribution in [2.24, 2.45) is 0 Å². The molecule has 0 amide bonds. The Kier molecular flexibility index (Phi) is 4.18. The molecule has 2 heterocycles. The van der Waals surface area contributed by atoms with Gasteiger partial charge in [-0.05, 0) is 41.5 Å². The first kappa shape index (κ1) is 17.6. The zero-order valence-corrected chi connectivity index (χ0v) is 16.5. The third kappa shape index (κ3) is 3.00. The average molecular weight is 401 g/mol. The van der Waals surface area contributed by atoms with Gasteiger partial charge in [-0.25, -0.2) is 9.36 Å². The van der Waals surface area contributed by atoms with Gasteiger partial charge in [0.2, 0.25) is 0 Å². The van der Waals surface area contributed by atoms with Crippen molar-refractivity contribution in [3.05, 3.63) is 99.6 Å². The van der Waals surface area contributed by atoms with Gasteiger partial charge in [0.05, 0.1) is 24.1 Å². The number of hydrogen-bond acceptors (Lipinski definition) is 3. The molecule has 0 spiro atoms. The number of aromatic nitrogens is 4. The second kappa shape index (κ2) is 6.87. The molecule has 0 atom stereocenters. The minimum Gasteiger partial charge on any atom is -0.265 e. The molecule has 0 bridgehead atoms. The molecule has 2 aromatic heterocycles. The van der Waals surface area contributed by atoms with Crippen LogP contribution in [0, 0.1) is 6.92 Å². The lowest BCUT2D eigenvalue weighted by Crippen LogP contribution is -2.26. The zero-order valence-electron chi connectivity index (χ0n) is 15.7. The number of aryl methyl sites for hydroxylation is 1. The molecule has 0 saturated heterocycles. The summed E-state index contributed by atoms with van der Waals surface area (Å²) in [5.41, 5.74) is 2.86. The summed E-state index contributed by atoms with van der Waals surface area (Å²) in [6.07, 6.45) is 1.68. The van der Waals surface area contributed by atoms with Gasteiger partial charge in [0.15, 0.2) is 0 Å². The van der Waals surface area contributed by atoms with Crippen LogP contribution in [0.3, 0.4) is 0 Å². The lowest BCUT2D eigenvalue weighted by Gasteiger charge is -2.11. The highest BCUT2D eigenvalue weighted by atomic mass is 35.5. The fourth-order valence-corrected chi connectivity index (χ4v) is 3.91. The van der Waals surface area contributed by atoms with E-state index < -0.39 is 0 Å². The van der Waals surface area contributed by atoms with E-state index in [2.05, 4.69) is 28.4 Å². The van der Waals surface area contributed by atoms with Gasteiger partial charge in [0, 0.05) is 10.4 Å². The van der Waals surface area contributed by atoms with Crippen LogP contribution in [0.25, 0.3) is 27.4 Å². The molecule has 142 valence electrons. The van der Waals surface area contributed by atoms with E-state index in [9.17, 15) is 4.79 Å². The minimum absolute atomic E-state index is 0.184. The molecule has 0 saturated carbocycles. The average Bonchev–Trinajstić information content (AvgIpc) is 3.18. The van der Waals surface area contributed by atoms with Crippen LogP contribution in [0.4, 0.5) is 0 Å². The van der Waals surface area contributed by atoms with Crippen LogP contribution in [0.15, 0.2) is 77.7 Å². The van der Waals surface area contributed by atoms with Crippen molar-refractivity contribution in [1.29, 1.82) is 0 Å². The van der Waals surface area contributed by atoms with Gasteiger partial charge in [-0.15, -0.1) is 0 Å². The predicted octanol–water partition coefficient (Wildman–Crippen LogP) is 4.75. The lowest BCUT2D eigenvalue weighted by molar-refractivity contribution is 0.637. The van der Waals surface area contributed by atoms with Crippen molar-refractivity contribution >= 4 is 33.3 Å². The van der Waals surface area contributed by atoms with E-state index in [0.29, 0.717) is 17.1 Å². The van der Waals surface area contributed by atoms with Crippen LogP contribution < -0.4 is 5.56 Å². The molecule has 0 unspecified atom stereocenters. The number of rotatable bonds is 3. The summed E-state index contributed by atoms with van der Waals surface area (Å²) in [7, 11) is 0. The Labute approximate surface area is 171 Å². The zero-order chi connectivity index (χ0) is 20.0. The second-order valence-electron chi connectivity index (χ2n) is 6.99. The number of nitrogens with zero attached hydrogens (tertiary/aromatic N) is 4. The van der Waals surface area contributed by atoms with Crippen LogP contribution in [-0.2, 0) is 6.54 Å². The van der Waals surface area contributed by atoms with Gasteiger partial charge in [0.1, 0.15) is 5.52 Å². The SMILES string of the molecule is Cc1nn(Cc2cccc3ccccc23)c(=O)c2c1cnn2-c1cccc(Cl)c1. The van der Waals surface area contributed by atoms with E-state index in [1.807, 2.05) is 43.3 Å². The van der Waals surface area contributed by atoms with E-state index >= 15 is 0 Å². The predicted molar refractivity (Wildman–Crippen MR) is 116 cm³/mol. The first-order chi connectivity index (χ1) is 14.1. The smallest absolute Gasteiger partial charge is 0.265 e. The van der Waals surface area contributed by atoms with Gasteiger partial charge in [0.25, 0.3) is 5.56 Å². The molecule has 0 aliphatic heterocycles. The van der Waals surface area contributed by atoms with Crippen molar-refractivity contribution in [2.75, 3.05) is 0 Å². The highest BCUT2D eigenvalue weighted by Gasteiger charge is 2.16. The van der Waals surface area contributed by atoms with Crippen molar-refractivity contribution in [2.45, 2.75) is 13.5 Å². The van der Waals surface area contributed by atoms with Gasteiger partial charge in [-0.3, -0.25) is 4.79 Å². The molecular formula is C23H17ClN4O. The third-order valence-electron chi connectivity index (χ3n) is 5.12. The van der Waals surface area contributed by atoms with Crippen molar-refractivity contribution in [3.63, 3.8) is 0 Å². The molecular weight excluding hydrogens is 384 g/mol. The monoisotopic (exact) mass is 400 g/mol. The summed E-state index contributed by atoms with van der Waals surface area (Å²) in [6, 6.07) is 21.6. The van der Waals surface area contributed by atoms with Crippen molar-refractivity contribution < 1.29 is 0 Å². The molecule has 3 aromatic carbocycles. The Balaban J connectivity index is 1.70. The standard InChI is InChI=1S/C23H17ClN4O/c1-15-21-13-25-28(19-10-5-9-18(24)12-19)22(21)23(29)27(26-15)14-17-8-4-7-16-6-2-3-11-20(16)17/h2-13H,14H2,1H3. The Morgan fingerprint density at radius 2 is 1.76 bits per heavy atom. The Morgan fingerprint density at radius 1 is 0.966 bits per heavy atom. The maximum Gasteiger partial charge on any atom is 0.293 e.